The van der Waals surface area contributed by atoms with E-state index in [1.807, 2.05) is 45.0 Å². The number of non-ortho nitro benzene ring substituents is 1. The van der Waals surface area contributed by atoms with E-state index in [1.165, 1.54) is 16.8 Å². The SMILES string of the molecule is Cc1c(C(=O)NC(C)c2ccc(OC(C)C)cc2)nnn1-c1cccc([N+](=O)[O-])c1. The van der Waals surface area contributed by atoms with Crippen LogP contribution in [0.15, 0.2) is 48.5 Å². The highest BCUT2D eigenvalue weighted by molar-refractivity contribution is 5.93. The summed E-state index contributed by atoms with van der Waals surface area (Å²) in [4.78, 5) is 23.2. The molecule has 1 atom stereocenters. The zero-order chi connectivity index (χ0) is 21.8. The molecular formula is C21H23N5O4. The maximum atomic E-state index is 12.7. The average Bonchev–Trinajstić information content (AvgIpc) is 3.09. The van der Waals surface area contributed by atoms with Crippen molar-refractivity contribution in [1.29, 1.82) is 0 Å². The minimum atomic E-state index is -0.484. The Morgan fingerprint density at radius 1 is 1.17 bits per heavy atom. The summed E-state index contributed by atoms with van der Waals surface area (Å²) in [6.07, 6.45) is 0.0876. The second-order valence-corrected chi connectivity index (χ2v) is 7.14. The number of benzene rings is 2. The molecule has 1 heterocycles. The predicted octanol–water partition coefficient (Wildman–Crippen LogP) is 3.76. The number of hydrogen-bond acceptors (Lipinski definition) is 6. The number of hydrogen-bond donors (Lipinski definition) is 1. The number of carbonyl (C=O) groups is 1. The lowest BCUT2D eigenvalue weighted by Crippen LogP contribution is -2.27. The number of ether oxygens (including phenoxy) is 1. The first-order valence-electron chi connectivity index (χ1n) is 9.51. The van der Waals surface area contributed by atoms with Crippen LogP contribution >= 0.6 is 0 Å². The Labute approximate surface area is 173 Å². The number of carbonyl (C=O) groups excluding carboxylic acids is 1. The Morgan fingerprint density at radius 3 is 2.50 bits per heavy atom. The number of rotatable bonds is 7. The van der Waals surface area contributed by atoms with E-state index >= 15 is 0 Å². The molecule has 3 rings (SSSR count). The number of nitro groups is 1. The molecule has 0 radical (unpaired) electrons. The van der Waals surface area contributed by atoms with Gasteiger partial charge in [-0.15, -0.1) is 5.10 Å². The molecule has 0 bridgehead atoms. The molecule has 9 nitrogen and oxygen atoms in total. The summed E-state index contributed by atoms with van der Waals surface area (Å²) in [5, 5.41) is 21.9. The first-order valence-corrected chi connectivity index (χ1v) is 9.51. The Hall–Kier alpha value is -3.75. The van der Waals surface area contributed by atoms with Gasteiger partial charge in [0.25, 0.3) is 11.6 Å². The normalized spacial score (nSPS) is 11.9. The molecule has 1 amide bonds. The van der Waals surface area contributed by atoms with Gasteiger partial charge in [0, 0.05) is 12.1 Å². The topological polar surface area (TPSA) is 112 Å². The summed E-state index contributed by atoms with van der Waals surface area (Å²) in [6, 6.07) is 13.3. The van der Waals surface area contributed by atoms with Crippen molar-refractivity contribution in [2.24, 2.45) is 0 Å². The third kappa shape index (κ3) is 4.62. The van der Waals surface area contributed by atoms with Crippen LogP contribution in [0.3, 0.4) is 0 Å². The highest BCUT2D eigenvalue weighted by Gasteiger charge is 2.20. The fraction of sp³-hybridized carbons (Fsp3) is 0.286. The van der Waals surface area contributed by atoms with E-state index in [0.717, 1.165) is 11.3 Å². The summed E-state index contributed by atoms with van der Waals surface area (Å²) in [5.41, 5.74) is 1.96. The fourth-order valence-electron chi connectivity index (χ4n) is 2.98. The van der Waals surface area contributed by atoms with Crippen molar-refractivity contribution in [3.05, 3.63) is 75.6 Å². The molecule has 1 N–H and O–H groups in total. The molecule has 3 aromatic rings. The van der Waals surface area contributed by atoms with Gasteiger partial charge in [-0.05, 0) is 51.5 Å². The standard InChI is InChI=1S/C21H23N5O4/c1-13(2)30-19-10-8-16(9-11-19)14(3)22-21(27)20-15(4)25(24-23-20)17-6-5-7-18(12-17)26(28)29/h5-14H,1-4H3,(H,22,27). The summed E-state index contributed by atoms with van der Waals surface area (Å²) in [7, 11) is 0. The van der Waals surface area contributed by atoms with Crippen molar-refractivity contribution in [3.63, 3.8) is 0 Å². The van der Waals surface area contributed by atoms with E-state index < -0.39 is 4.92 Å². The number of amides is 1. The van der Waals surface area contributed by atoms with Gasteiger partial charge < -0.3 is 10.1 Å². The van der Waals surface area contributed by atoms with Crippen LogP contribution in [0.5, 0.6) is 5.75 Å². The number of nitrogens with one attached hydrogen (secondary N) is 1. The highest BCUT2D eigenvalue weighted by Crippen LogP contribution is 2.21. The molecule has 1 aromatic heterocycles. The molecule has 2 aromatic carbocycles. The second kappa shape index (κ2) is 8.73. The van der Waals surface area contributed by atoms with Crippen LogP contribution in [-0.4, -0.2) is 31.9 Å². The quantitative estimate of drug-likeness (QED) is 0.470. The average molecular weight is 409 g/mol. The third-order valence-corrected chi connectivity index (χ3v) is 4.49. The molecule has 0 saturated carbocycles. The van der Waals surface area contributed by atoms with Gasteiger partial charge in [0.05, 0.1) is 28.5 Å². The van der Waals surface area contributed by atoms with E-state index in [2.05, 4.69) is 15.6 Å². The molecule has 0 aliphatic rings. The maximum Gasteiger partial charge on any atom is 0.274 e. The van der Waals surface area contributed by atoms with Crippen molar-refractivity contribution in [2.75, 3.05) is 0 Å². The van der Waals surface area contributed by atoms with Crippen LogP contribution < -0.4 is 10.1 Å². The van der Waals surface area contributed by atoms with Crippen molar-refractivity contribution >= 4 is 11.6 Å². The minimum absolute atomic E-state index is 0.0630. The van der Waals surface area contributed by atoms with E-state index in [-0.39, 0.29) is 29.4 Å². The van der Waals surface area contributed by atoms with Crippen molar-refractivity contribution < 1.29 is 14.5 Å². The molecule has 156 valence electrons. The molecule has 0 saturated heterocycles. The smallest absolute Gasteiger partial charge is 0.274 e. The van der Waals surface area contributed by atoms with Gasteiger partial charge in [0.15, 0.2) is 5.69 Å². The summed E-state index contributed by atoms with van der Waals surface area (Å²) < 4.78 is 7.04. The van der Waals surface area contributed by atoms with Gasteiger partial charge in [-0.25, -0.2) is 4.68 Å². The summed E-state index contributed by atoms with van der Waals surface area (Å²) >= 11 is 0. The van der Waals surface area contributed by atoms with Gasteiger partial charge in [0.1, 0.15) is 5.75 Å². The first kappa shape index (κ1) is 21.0. The Kier molecular flexibility index (Phi) is 6.10. The summed E-state index contributed by atoms with van der Waals surface area (Å²) in [6.45, 7) is 7.48. The van der Waals surface area contributed by atoms with E-state index in [0.29, 0.717) is 11.4 Å². The molecule has 1 unspecified atom stereocenters. The Morgan fingerprint density at radius 2 is 1.87 bits per heavy atom. The van der Waals surface area contributed by atoms with Crippen LogP contribution in [0.25, 0.3) is 5.69 Å². The molecule has 30 heavy (non-hydrogen) atoms. The Bertz CT molecular complexity index is 1060. The minimum Gasteiger partial charge on any atom is -0.491 e. The Balaban J connectivity index is 1.75. The zero-order valence-corrected chi connectivity index (χ0v) is 17.2. The molecule has 9 heteroatoms. The summed E-state index contributed by atoms with van der Waals surface area (Å²) in [5.74, 6) is 0.391. The predicted molar refractivity (Wildman–Crippen MR) is 111 cm³/mol. The third-order valence-electron chi connectivity index (χ3n) is 4.49. The lowest BCUT2D eigenvalue weighted by Gasteiger charge is -2.15. The molecule has 0 aliphatic carbocycles. The second-order valence-electron chi connectivity index (χ2n) is 7.14. The monoisotopic (exact) mass is 409 g/mol. The van der Waals surface area contributed by atoms with Crippen LogP contribution in [0.2, 0.25) is 0 Å². The van der Waals surface area contributed by atoms with Crippen molar-refractivity contribution in [2.45, 2.75) is 39.8 Å². The molecule has 0 aliphatic heterocycles. The molecular weight excluding hydrogens is 386 g/mol. The van der Waals surface area contributed by atoms with Crippen LogP contribution in [0.1, 0.15) is 48.6 Å². The number of nitro benzene ring substituents is 1. The number of nitrogens with zero attached hydrogens (tertiary/aromatic N) is 4. The molecule has 0 spiro atoms. The number of aromatic nitrogens is 3. The molecule has 0 fully saturated rings. The van der Waals surface area contributed by atoms with E-state index in [1.54, 1.807) is 19.1 Å². The largest absolute Gasteiger partial charge is 0.491 e. The van der Waals surface area contributed by atoms with Crippen LogP contribution in [0.4, 0.5) is 5.69 Å². The zero-order valence-electron chi connectivity index (χ0n) is 17.2. The van der Waals surface area contributed by atoms with E-state index in [9.17, 15) is 14.9 Å². The van der Waals surface area contributed by atoms with Gasteiger partial charge in [0.2, 0.25) is 0 Å². The van der Waals surface area contributed by atoms with E-state index in [4.69, 9.17) is 4.74 Å². The van der Waals surface area contributed by atoms with Crippen molar-refractivity contribution in [1.82, 2.24) is 20.3 Å². The van der Waals surface area contributed by atoms with Crippen molar-refractivity contribution in [3.8, 4) is 11.4 Å². The van der Waals surface area contributed by atoms with Crippen LogP contribution in [-0.2, 0) is 0 Å². The van der Waals surface area contributed by atoms with Gasteiger partial charge >= 0.3 is 0 Å². The lowest BCUT2D eigenvalue weighted by atomic mass is 10.1. The van der Waals surface area contributed by atoms with Gasteiger partial charge in [-0.1, -0.05) is 23.4 Å². The highest BCUT2D eigenvalue weighted by atomic mass is 16.6. The van der Waals surface area contributed by atoms with Crippen LogP contribution in [0, 0.1) is 17.0 Å². The fourth-order valence-corrected chi connectivity index (χ4v) is 2.98. The first-order chi connectivity index (χ1) is 14.3. The van der Waals surface area contributed by atoms with Gasteiger partial charge in [-0.3, -0.25) is 14.9 Å². The lowest BCUT2D eigenvalue weighted by molar-refractivity contribution is -0.384. The van der Waals surface area contributed by atoms with Gasteiger partial charge in [-0.2, -0.15) is 0 Å². The maximum absolute atomic E-state index is 12.7.